The molecule has 0 bridgehead atoms. The van der Waals surface area contributed by atoms with Crippen LogP contribution >= 0.6 is 0 Å². The molecule has 0 radical (unpaired) electrons. The molecule has 11 nitrogen and oxygen atoms in total. The molecule has 2 saturated heterocycles. The minimum Gasteiger partial charge on any atom is -0.395 e. The third-order valence-electron chi connectivity index (χ3n) is 8.35. The van der Waals surface area contributed by atoms with E-state index in [9.17, 15) is 0 Å². The van der Waals surface area contributed by atoms with Crippen molar-refractivity contribution < 1.29 is 10.2 Å². The number of fused-ring (bicyclic) bond motifs is 1. The lowest BCUT2D eigenvalue weighted by atomic mass is 10.2. The van der Waals surface area contributed by atoms with Crippen molar-refractivity contribution in [2.45, 2.75) is 6.92 Å². The molecule has 11 heteroatoms. The third-order valence-corrected chi connectivity index (χ3v) is 8.35. The molecule has 0 atom stereocenters. The van der Waals surface area contributed by atoms with E-state index < -0.39 is 0 Å². The van der Waals surface area contributed by atoms with E-state index in [1.54, 1.807) is 0 Å². The minimum absolute atomic E-state index is 0.260. The van der Waals surface area contributed by atoms with E-state index in [4.69, 9.17) is 15.2 Å². The normalized spacial score (nSPS) is 20.1. The molecule has 1 aromatic rings. The van der Waals surface area contributed by atoms with Crippen molar-refractivity contribution in [1.29, 1.82) is 0 Å². The highest BCUT2D eigenvalue weighted by molar-refractivity contribution is 5.70. The van der Waals surface area contributed by atoms with E-state index in [1.165, 1.54) is 11.3 Å². The van der Waals surface area contributed by atoms with Gasteiger partial charge in [-0.1, -0.05) is 0 Å². The summed E-state index contributed by atoms with van der Waals surface area (Å²) in [6, 6.07) is 2.30. The maximum absolute atomic E-state index is 9.11. The van der Waals surface area contributed by atoms with Gasteiger partial charge >= 0.3 is 0 Å². The van der Waals surface area contributed by atoms with Crippen LogP contribution in [0.2, 0.25) is 0 Å². The van der Waals surface area contributed by atoms with Gasteiger partial charge in [0.2, 0.25) is 0 Å². The number of β-amino-alcohol motifs (C(OH)–C–C–N with tert-alkyl or cyclic N) is 2. The van der Waals surface area contributed by atoms with Crippen LogP contribution in [-0.4, -0.2) is 179 Å². The summed E-state index contributed by atoms with van der Waals surface area (Å²) in [6.45, 7) is 23.1. The van der Waals surface area contributed by atoms with Gasteiger partial charge in [0, 0.05) is 137 Å². The Morgan fingerprint density at radius 2 is 1.05 bits per heavy atom. The number of nitrogens with zero attached hydrogens (tertiary/aromatic N) is 7. The van der Waals surface area contributed by atoms with E-state index >= 15 is 0 Å². The van der Waals surface area contributed by atoms with Gasteiger partial charge in [0.05, 0.1) is 18.9 Å². The molecule has 222 valence electrons. The number of aliphatic hydroxyl groups excluding tert-OH is 2. The summed E-state index contributed by atoms with van der Waals surface area (Å²) in [5, 5.41) is 25.5. The van der Waals surface area contributed by atoms with Crippen LogP contribution in [0.25, 0.3) is 0 Å². The van der Waals surface area contributed by atoms with Crippen molar-refractivity contribution in [2.75, 3.05) is 154 Å². The molecule has 0 amide bonds. The van der Waals surface area contributed by atoms with Crippen molar-refractivity contribution in [1.82, 2.24) is 35.2 Å². The predicted octanol–water partition coefficient (Wildman–Crippen LogP) is -1.58. The molecule has 0 aliphatic carbocycles. The van der Waals surface area contributed by atoms with E-state index in [0.29, 0.717) is 0 Å². The first-order valence-electron chi connectivity index (χ1n) is 15.2. The zero-order chi connectivity index (χ0) is 27.3. The fourth-order valence-electron chi connectivity index (χ4n) is 5.85. The van der Waals surface area contributed by atoms with Gasteiger partial charge in [-0.15, -0.1) is 0 Å². The summed E-state index contributed by atoms with van der Waals surface area (Å²) >= 11 is 0. The summed E-state index contributed by atoms with van der Waals surface area (Å²) in [7, 11) is 0. The Balaban J connectivity index is 1.12. The SMILES string of the molecule is Cc1cnc2c(c1)N(CCNCCN1CCN(CCO)CC1)CCN2CCNCCN1CCN(CCO)CC1. The molecule has 4 rings (SSSR count). The van der Waals surface area contributed by atoms with Crippen molar-refractivity contribution in [3.63, 3.8) is 0 Å². The van der Waals surface area contributed by atoms with Crippen molar-refractivity contribution >= 4 is 11.5 Å². The third kappa shape index (κ3) is 9.79. The number of pyridine rings is 1. The lowest BCUT2D eigenvalue weighted by molar-refractivity contribution is 0.113. The van der Waals surface area contributed by atoms with Crippen molar-refractivity contribution in [2.24, 2.45) is 0 Å². The average molecular weight is 548 g/mol. The second-order valence-corrected chi connectivity index (χ2v) is 11.1. The fraction of sp³-hybridized carbons (Fsp3) is 0.821. The highest BCUT2D eigenvalue weighted by Crippen LogP contribution is 2.31. The van der Waals surface area contributed by atoms with Crippen LogP contribution < -0.4 is 20.4 Å². The molecule has 4 N–H and O–H groups in total. The molecule has 39 heavy (non-hydrogen) atoms. The molecular weight excluding hydrogens is 494 g/mol. The molecule has 4 heterocycles. The summed E-state index contributed by atoms with van der Waals surface area (Å²) in [4.78, 5) is 19.5. The second-order valence-electron chi connectivity index (χ2n) is 11.1. The summed E-state index contributed by atoms with van der Waals surface area (Å²) in [5.41, 5.74) is 2.48. The molecule has 0 unspecified atom stereocenters. The first-order valence-corrected chi connectivity index (χ1v) is 15.2. The largest absolute Gasteiger partial charge is 0.395 e. The van der Waals surface area contributed by atoms with E-state index in [2.05, 4.69) is 53.0 Å². The van der Waals surface area contributed by atoms with Crippen LogP contribution in [0.3, 0.4) is 0 Å². The molecule has 0 aromatic carbocycles. The van der Waals surface area contributed by atoms with Crippen LogP contribution in [0, 0.1) is 6.92 Å². The zero-order valence-electron chi connectivity index (χ0n) is 24.2. The number of rotatable bonds is 16. The maximum Gasteiger partial charge on any atom is 0.152 e. The van der Waals surface area contributed by atoms with Gasteiger partial charge in [-0.05, 0) is 18.6 Å². The minimum atomic E-state index is 0.260. The van der Waals surface area contributed by atoms with E-state index in [1.807, 2.05) is 6.20 Å². The van der Waals surface area contributed by atoms with Gasteiger partial charge in [-0.25, -0.2) is 4.98 Å². The lowest BCUT2D eigenvalue weighted by Crippen LogP contribution is -2.49. The quantitative estimate of drug-likeness (QED) is 0.181. The molecule has 0 saturated carbocycles. The Kier molecular flexibility index (Phi) is 13.0. The maximum atomic E-state index is 9.11. The number of hydrogen-bond acceptors (Lipinski definition) is 11. The number of piperazine rings is 2. The summed E-state index contributed by atoms with van der Waals surface area (Å²) in [6.07, 6.45) is 2.00. The fourth-order valence-corrected chi connectivity index (χ4v) is 5.85. The Bertz CT molecular complexity index is 816. The number of hydrogen-bond donors (Lipinski definition) is 4. The van der Waals surface area contributed by atoms with Crippen LogP contribution in [0.1, 0.15) is 5.56 Å². The molecule has 3 aliphatic rings. The van der Waals surface area contributed by atoms with Gasteiger partial charge in [0.15, 0.2) is 5.82 Å². The molecule has 2 fully saturated rings. The van der Waals surface area contributed by atoms with E-state index in [0.717, 1.165) is 137 Å². The number of aryl methyl sites for hydroxylation is 1. The summed E-state index contributed by atoms with van der Waals surface area (Å²) < 4.78 is 0. The number of anilines is 2. The second kappa shape index (κ2) is 16.6. The Hall–Kier alpha value is -1.57. The smallest absolute Gasteiger partial charge is 0.152 e. The Morgan fingerprint density at radius 1 is 0.615 bits per heavy atom. The standard InChI is InChI=1S/C28H53N9O2/c1-26-24-27-28(31-25-26)37(9-5-30-3-7-33-12-16-35(17-13-33)21-23-39)19-18-36(27)8-4-29-2-6-32-10-14-34(15-11-32)20-22-38/h24-25,29-30,38-39H,2-23H2,1H3. The number of nitrogens with one attached hydrogen (secondary N) is 2. The lowest BCUT2D eigenvalue weighted by Gasteiger charge is -2.38. The number of aromatic nitrogens is 1. The van der Waals surface area contributed by atoms with E-state index in [-0.39, 0.29) is 13.2 Å². The predicted molar refractivity (Wildman–Crippen MR) is 159 cm³/mol. The van der Waals surface area contributed by atoms with Gasteiger partial charge in [-0.2, -0.15) is 0 Å². The van der Waals surface area contributed by atoms with Gasteiger partial charge in [0.1, 0.15) is 0 Å². The first kappa shape index (κ1) is 30.4. The molecule has 1 aromatic heterocycles. The topological polar surface area (TPSA) is 96.8 Å². The van der Waals surface area contributed by atoms with Crippen LogP contribution in [-0.2, 0) is 0 Å². The highest BCUT2D eigenvalue weighted by atomic mass is 16.3. The van der Waals surface area contributed by atoms with Crippen molar-refractivity contribution in [3.8, 4) is 0 Å². The Labute approximate surface area is 235 Å². The van der Waals surface area contributed by atoms with Crippen LogP contribution in [0.4, 0.5) is 11.5 Å². The van der Waals surface area contributed by atoms with Crippen LogP contribution in [0.5, 0.6) is 0 Å². The first-order chi connectivity index (χ1) is 19.2. The number of aliphatic hydroxyl groups is 2. The molecular formula is C28H53N9O2. The molecule has 0 spiro atoms. The Morgan fingerprint density at radius 3 is 1.56 bits per heavy atom. The average Bonchev–Trinajstić information content (AvgIpc) is 2.95. The van der Waals surface area contributed by atoms with Crippen LogP contribution in [0.15, 0.2) is 12.3 Å². The highest BCUT2D eigenvalue weighted by Gasteiger charge is 2.24. The van der Waals surface area contributed by atoms with Gasteiger partial charge < -0.3 is 30.6 Å². The van der Waals surface area contributed by atoms with Gasteiger partial charge in [-0.3, -0.25) is 19.6 Å². The van der Waals surface area contributed by atoms with Crippen molar-refractivity contribution in [3.05, 3.63) is 17.8 Å². The monoisotopic (exact) mass is 547 g/mol. The molecule has 3 aliphatic heterocycles. The summed E-state index contributed by atoms with van der Waals surface area (Å²) in [5.74, 6) is 1.12. The van der Waals surface area contributed by atoms with Gasteiger partial charge in [0.25, 0.3) is 0 Å². The zero-order valence-corrected chi connectivity index (χ0v) is 24.2.